The molecule has 4 aromatic rings. The number of hydrogen-bond acceptors (Lipinski definition) is 4. The standard InChI is InChI=1S/C30H31BO4/c1-29(2)30(3,4)35-31(34-29)28-26-17-13-23(22-11-15-25(32-5)16-12-22)19-24(26)14-18-27(28)33-20-21-9-7-6-8-10-21/h6-19H,20H2,1-5H3. The van der Waals surface area contributed by atoms with Gasteiger partial charge in [0.1, 0.15) is 18.1 Å². The Bertz CT molecular complexity index is 1310. The van der Waals surface area contributed by atoms with Crippen molar-refractivity contribution in [1.29, 1.82) is 0 Å². The highest BCUT2D eigenvalue weighted by Gasteiger charge is 2.53. The maximum absolute atomic E-state index is 6.48. The Morgan fingerprint density at radius 2 is 1.40 bits per heavy atom. The van der Waals surface area contributed by atoms with E-state index in [0.717, 1.165) is 44.4 Å². The second-order valence-corrected chi connectivity index (χ2v) is 10.0. The topological polar surface area (TPSA) is 36.9 Å². The molecule has 1 aliphatic rings. The van der Waals surface area contributed by atoms with E-state index in [1.165, 1.54) is 0 Å². The molecule has 0 spiro atoms. The predicted octanol–water partition coefficient (Wildman–Crippen LogP) is 6.39. The van der Waals surface area contributed by atoms with E-state index in [1.807, 2.05) is 36.4 Å². The summed E-state index contributed by atoms with van der Waals surface area (Å²) in [6.45, 7) is 8.77. The predicted molar refractivity (Wildman–Crippen MR) is 142 cm³/mol. The van der Waals surface area contributed by atoms with Gasteiger partial charge in [0.2, 0.25) is 0 Å². The van der Waals surface area contributed by atoms with Gasteiger partial charge in [-0.2, -0.15) is 0 Å². The number of benzene rings is 4. The molecule has 0 aromatic heterocycles. The van der Waals surface area contributed by atoms with E-state index in [1.54, 1.807) is 7.11 Å². The second-order valence-electron chi connectivity index (χ2n) is 10.0. The van der Waals surface area contributed by atoms with Crippen molar-refractivity contribution in [3.63, 3.8) is 0 Å². The normalized spacial score (nSPS) is 16.4. The van der Waals surface area contributed by atoms with E-state index < -0.39 is 18.3 Å². The Morgan fingerprint density at radius 3 is 2.06 bits per heavy atom. The van der Waals surface area contributed by atoms with Gasteiger partial charge in [-0.3, -0.25) is 0 Å². The molecule has 5 rings (SSSR count). The monoisotopic (exact) mass is 466 g/mol. The highest BCUT2D eigenvalue weighted by atomic mass is 16.7. The Hall–Kier alpha value is -3.28. The third-order valence-electron chi connectivity index (χ3n) is 7.17. The Morgan fingerprint density at radius 1 is 0.743 bits per heavy atom. The van der Waals surface area contributed by atoms with Crippen LogP contribution in [-0.4, -0.2) is 25.4 Å². The minimum Gasteiger partial charge on any atom is -0.497 e. The molecule has 1 fully saturated rings. The lowest BCUT2D eigenvalue weighted by atomic mass is 9.75. The molecule has 1 saturated heterocycles. The first-order valence-electron chi connectivity index (χ1n) is 12.0. The van der Waals surface area contributed by atoms with Crippen LogP contribution in [-0.2, 0) is 15.9 Å². The quantitative estimate of drug-likeness (QED) is 0.309. The van der Waals surface area contributed by atoms with Crippen molar-refractivity contribution in [1.82, 2.24) is 0 Å². The molecule has 0 aliphatic carbocycles. The smallest absolute Gasteiger partial charge is 0.497 e. The summed E-state index contributed by atoms with van der Waals surface area (Å²) in [6, 6.07) is 28.9. The number of hydrogen-bond donors (Lipinski definition) is 0. The number of rotatable bonds is 6. The van der Waals surface area contributed by atoms with Gasteiger partial charge in [0, 0.05) is 5.46 Å². The summed E-state index contributed by atoms with van der Waals surface area (Å²) < 4.78 is 24.6. The largest absolute Gasteiger partial charge is 0.499 e. The van der Waals surface area contributed by atoms with Crippen molar-refractivity contribution in [3.05, 3.63) is 90.5 Å². The van der Waals surface area contributed by atoms with Gasteiger partial charge in [-0.1, -0.05) is 60.7 Å². The van der Waals surface area contributed by atoms with Crippen LogP contribution < -0.4 is 14.9 Å². The van der Waals surface area contributed by atoms with Crippen molar-refractivity contribution in [2.75, 3.05) is 7.11 Å². The maximum Gasteiger partial charge on any atom is 0.499 e. The van der Waals surface area contributed by atoms with Crippen LogP contribution in [0.2, 0.25) is 0 Å². The van der Waals surface area contributed by atoms with E-state index in [2.05, 4.69) is 76.2 Å². The molecule has 4 aromatic carbocycles. The SMILES string of the molecule is COc1ccc(-c2ccc3c(B4OC(C)(C)C(C)(C)O4)c(OCc4ccccc4)ccc3c2)cc1. The van der Waals surface area contributed by atoms with Crippen molar-refractivity contribution in [3.8, 4) is 22.6 Å². The lowest BCUT2D eigenvalue weighted by molar-refractivity contribution is 0.00578. The summed E-state index contributed by atoms with van der Waals surface area (Å²) in [7, 11) is 1.15. The molecule has 0 unspecified atom stereocenters. The van der Waals surface area contributed by atoms with Gasteiger partial charge < -0.3 is 18.8 Å². The van der Waals surface area contributed by atoms with Crippen LogP contribution in [0.25, 0.3) is 21.9 Å². The molecule has 35 heavy (non-hydrogen) atoms. The van der Waals surface area contributed by atoms with Crippen LogP contribution in [0.1, 0.15) is 33.3 Å². The third kappa shape index (κ3) is 4.54. The van der Waals surface area contributed by atoms with Gasteiger partial charge in [0.25, 0.3) is 0 Å². The summed E-state index contributed by atoms with van der Waals surface area (Å²) in [5.41, 5.74) is 3.42. The highest BCUT2D eigenvalue weighted by molar-refractivity contribution is 6.66. The molecule has 0 atom stereocenters. The fourth-order valence-corrected chi connectivity index (χ4v) is 4.36. The maximum atomic E-state index is 6.48. The van der Waals surface area contributed by atoms with Gasteiger partial charge in [-0.05, 0) is 79.4 Å². The molecule has 0 radical (unpaired) electrons. The number of fused-ring (bicyclic) bond motifs is 1. The molecule has 5 heteroatoms. The first-order chi connectivity index (χ1) is 16.8. The van der Waals surface area contributed by atoms with Crippen LogP contribution in [0.5, 0.6) is 11.5 Å². The second kappa shape index (κ2) is 9.06. The number of methoxy groups -OCH3 is 1. The van der Waals surface area contributed by atoms with Crippen molar-refractivity contribution < 1.29 is 18.8 Å². The third-order valence-corrected chi connectivity index (χ3v) is 7.17. The fourth-order valence-electron chi connectivity index (χ4n) is 4.36. The molecule has 178 valence electrons. The zero-order valence-electron chi connectivity index (χ0n) is 21.0. The van der Waals surface area contributed by atoms with E-state index in [9.17, 15) is 0 Å². The minimum absolute atomic E-state index is 0.445. The molecule has 1 aliphatic heterocycles. The van der Waals surface area contributed by atoms with Gasteiger partial charge in [-0.25, -0.2) is 0 Å². The van der Waals surface area contributed by atoms with Crippen molar-refractivity contribution in [2.24, 2.45) is 0 Å². The molecule has 0 saturated carbocycles. The molecule has 4 nitrogen and oxygen atoms in total. The summed E-state index contributed by atoms with van der Waals surface area (Å²) in [5.74, 6) is 1.62. The van der Waals surface area contributed by atoms with Crippen molar-refractivity contribution in [2.45, 2.75) is 45.5 Å². The van der Waals surface area contributed by atoms with Gasteiger partial charge >= 0.3 is 7.12 Å². The first-order valence-corrected chi connectivity index (χ1v) is 12.0. The van der Waals surface area contributed by atoms with E-state index in [0.29, 0.717) is 6.61 Å². The Balaban J connectivity index is 1.57. The van der Waals surface area contributed by atoms with Gasteiger partial charge in [-0.15, -0.1) is 0 Å². The summed E-state index contributed by atoms with van der Waals surface area (Å²) in [5, 5.41) is 2.17. The van der Waals surface area contributed by atoms with E-state index >= 15 is 0 Å². The van der Waals surface area contributed by atoms with Crippen molar-refractivity contribution >= 4 is 23.4 Å². The minimum atomic E-state index is -0.527. The highest BCUT2D eigenvalue weighted by Crippen LogP contribution is 2.38. The lowest BCUT2D eigenvalue weighted by Gasteiger charge is -2.32. The van der Waals surface area contributed by atoms with Crippen LogP contribution in [0.4, 0.5) is 0 Å². The van der Waals surface area contributed by atoms with Crippen LogP contribution >= 0.6 is 0 Å². The van der Waals surface area contributed by atoms with Gasteiger partial charge in [0.15, 0.2) is 0 Å². The van der Waals surface area contributed by atoms with Crippen LogP contribution in [0.3, 0.4) is 0 Å². The van der Waals surface area contributed by atoms with E-state index in [4.69, 9.17) is 18.8 Å². The number of ether oxygens (including phenoxy) is 2. The van der Waals surface area contributed by atoms with Gasteiger partial charge in [0.05, 0.1) is 18.3 Å². The Kier molecular flexibility index (Phi) is 6.08. The fraction of sp³-hybridized carbons (Fsp3) is 0.267. The van der Waals surface area contributed by atoms with E-state index in [-0.39, 0.29) is 0 Å². The van der Waals surface area contributed by atoms with Crippen LogP contribution in [0.15, 0.2) is 84.9 Å². The molecular weight excluding hydrogens is 435 g/mol. The molecule has 1 heterocycles. The first kappa shape index (κ1) is 23.5. The molecule has 0 N–H and O–H groups in total. The zero-order valence-corrected chi connectivity index (χ0v) is 21.0. The molecule has 0 amide bonds. The summed E-state index contributed by atoms with van der Waals surface area (Å²) in [4.78, 5) is 0. The average molecular weight is 466 g/mol. The summed E-state index contributed by atoms with van der Waals surface area (Å²) >= 11 is 0. The van der Waals surface area contributed by atoms with Crippen LogP contribution in [0, 0.1) is 0 Å². The zero-order chi connectivity index (χ0) is 24.6. The average Bonchev–Trinajstić information content (AvgIpc) is 3.08. The summed E-state index contributed by atoms with van der Waals surface area (Å²) in [6.07, 6.45) is 0. The Labute approximate surface area is 207 Å². The molecule has 0 bridgehead atoms. The molecular formula is C30H31BO4. The lowest BCUT2D eigenvalue weighted by Crippen LogP contribution is -2.41.